The SMILES string of the molecule is CN(Cc1ccc(-c2ccccc2)cc1)C(=O)CN. The topological polar surface area (TPSA) is 46.3 Å². The Morgan fingerprint density at radius 1 is 1.00 bits per heavy atom. The zero-order chi connectivity index (χ0) is 13.7. The molecule has 0 fully saturated rings. The van der Waals surface area contributed by atoms with Gasteiger partial charge in [-0.2, -0.15) is 0 Å². The molecular formula is C16H18N2O. The molecule has 0 aliphatic heterocycles. The van der Waals surface area contributed by atoms with Crippen molar-refractivity contribution < 1.29 is 4.79 Å². The van der Waals surface area contributed by atoms with E-state index in [1.165, 1.54) is 11.1 Å². The Bertz CT molecular complexity index is 534. The molecule has 0 radical (unpaired) electrons. The summed E-state index contributed by atoms with van der Waals surface area (Å²) >= 11 is 0. The van der Waals surface area contributed by atoms with Crippen molar-refractivity contribution in [3.8, 4) is 11.1 Å². The highest BCUT2D eigenvalue weighted by molar-refractivity contribution is 5.77. The Labute approximate surface area is 113 Å². The van der Waals surface area contributed by atoms with Crippen LogP contribution in [-0.2, 0) is 11.3 Å². The number of amides is 1. The van der Waals surface area contributed by atoms with Crippen LogP contribution >= 0.6 is 0 Å². The number of hydrogen-bond acceptors (Lipinski definition) is 2. The van der Waals surface area contributed by atoms with E-state index < -0.39 is 0 Å². The molecule has 2 N–H and O–H groups in total. The van der Waals surface area contributed by atoms with E-state index in [9.17, 15) is 4.79 Å². The number of nitrogens with two attached hydrogens (primary N) is 1. The fraction of sp³-hybridized carbons (Fsp3) is 0.188. The summed E-state index contributed by atoms with van der Waals surface area (Å²) in [4.78, 5) is 13.0. The molecule has 3 heteroatoms. The van der Waals surface area contributed by atoms with Gasteiger partial charge in [-0.05, 0) is 16.7 Å². The van der Waals surface area contributed by atoms with Crippen molar-refractivity contribution in [2.45, 2.75) is 6.54 Å². The van der Waals surface area contributed by atoms with Gasteiger partial charge < -0.3 is 10.6 Å². The Morgan fingerprint density at radius 2 is 1.58 bits per heavy atom. The van der Waals surface area contributed by atoms with Gasteiger partial charge in [-0.1, -0.05) is 54.6 Å². The van der Waals surface area contributed by atoms with Crippen LogP contribution in [0.15, 0.2) is 54.6 Å². The fourth-order valence-corrected chi connectivity index (χ4v) is 1.95. The van der Waals surface area contributed by atoms with Gasteiger partial charge in [0.2, 0.25) is 5.91 Å². The molecule has 0 atom stereocenters. The van der Waals surface area contributed by atoms with E-state index >= 15 is 0 Å². The molecule has 19 heavy (non-hydrogen) atoms. The molecule has 98 valence electrons. The fourth-order valence-electron chi connectivity index (χ4n) is 1.95. The van der Waals surface area contributed by atoms with E-state index in [0.717, 1.165) is 5.56 Å². The lowest BCUT2D eigenvalue weighted by Gasteiger charge is -2.16. The molecule has 0 heterocycles. The van der Waals surface area contributed by atoms with Crippen molar-refractivity contribution in [1.29, 1.82) is 0 Å². The maximum absolute atomic E-state index is 11.4. The first kappa shape index (κ1) is 13.3. The molecule has 2 aromatic carbocycles. The monoisotopic (exact) mass is 254 g/mol. The predicted octanol–water partition coefficient (Wildman–Crippen LogP) is 2.27. The van der Waals surface area contributed by atoms with Crippen molar-refractivity contribution in [3.63, 3.8) is 0 Å². The molecule has 2 aromatic rings. The third-order valence-corrected chi connectivity index (χ3v) is 3.08. The summed E-state index contributed by atoms with van der Waals surface area (Å²) in [6.45, 7) is 0.643. The molecule has 0 unspecified atom stereocenters. The number of rotatable bonds is 4. The lowest BCUT2D eigenvalue weighted by Crippen LogP contribution is -2.32. The van der Waals surface area contributed by atoms with E-state index in [2.05, 4.69) is 24.3 Å². The highest BCUT2D eigenvalue weighted by atomic mass is 16.2. The first-order valence-electron chi connectivity index (χ1n) is 6.29. The van der Waals surface area contributed by atoms with Crippen LogP contribution in [0.3, 0.4) is 0 Å². The van der Waals surface area contributed by atoms with Crippen LogP contribution in [0.1, 0.15) is 5.56 Å². The third kappa shape index (κ3) is 3.42. The first-order chi connectivity index (χ1) is 9.20. The highest BCUT2D eigenvalue weighted by Crippen LogP contribution is 2.19. The molecule has 3 nitrogen and oxygen atoms in total. The second-order valence-corrected chi connectivity index (χ2v) is 4.52. The summed E-state index contributed by atoms with van der Waals surface area (Å²) in [6.07, 6.45) is 0. The smallest absolute Gasteiger partial charge is 0.236 e. The van der Waals surface area contributed by atoms with Crippen LogP contribution in [0.4, 0.5) is 0 Å². The average molecular weight is 254 g/mol. The number of likely N-dealkylation sites (N-methyl/N-ethyl adjacent to an activating group) is 1. The summed E-state index contributed by atoms with van der Waals surface area (Å²) in [5.74, 6) is -0.0489. The zero-order valence-electron chi connectivity index (χ0n) is 11.0. The van der Waals surface area contributed by atoms with Crippen LogP contribution in [0.2, 0.25) is 0 Å². The predicted molar refractivity (Wildman–Crippen MR) is 77.4 cm³/mol. The average Bonchev–Trinajstić information content (AvgIpc) is 2.48. The molecule has 0 aromatic heterocycles. The Hall–Kier alpha value is -2.13. The van der Waals surface area contributed by atoms with Crippen LogP contribution in [0.5, 0.6) is 0 Å². The van der Waals surface area contributed by atoms with Gasteiger partial charge >= 0.3 is 0 Å². The summed E-state index contributed by atoms with van der Waals surface area (Å²) in [6, 6.07) is 18.5. The molecule has 0 aliphatic carbocycles. The second-order valence-electron chi connectivity index (χ2n) is 4.52. The molecule has 0 aliphatic rings. The Kier molecular flexibility index (Phi) is 4.31. The van der Waals surface area contributed by atoms with Crippen molar-refractivity contribution in [3.05, 3.63) is 60.2 Å². The van der Waals surface area contributed by atoms with Gasteiger partial charge in [-0.15, -0.1) is 0 Å². The van der Waals surface area contributed by atoms with E-state index in [1.807, 2.05) is 30.3 Å². The molecule has 0 spiro atoms. The maximum atomic E-state index is 11.4. The van der Waals surface area contributed by atoms with Crippen molar-refractivity contribution in [2.24, 2.45) is 5.73 Å². The second kappa shape index (κ2) is 6.16. The zero-order valence-corrected chi connectivity index (χ0v) is 11.0. The van der Waals surface area contributed by atoms with E-state index in [4.69, 9.17) is 5.73 Å². The molecule has 0 saturated carbocycles. The van der Waals surface area contributed by atoms with Crippen LogP contribution in [0, 0.1) is 0 Å². The van der Waals surface area contributed by atoms with Gasteiger partial charge in [0, 0.05) is 13.6 Å². The third-order valence-electron chi connectivity index (χ3n) is 3.08. The van der Waals surface area contributed by atoms with Gasteiger partial charge in [0.25, 0.3) is 0 Å². The molecule has 1 amide bonds. The summed E-state index contributed by atoms with van der Waals surface area (Å²) in [5, 5.41) is 0. The Balaban J connectivity index is 2.09. The summed E-state index contributed by atoms with van der Waals surface area (Å²) in [5.41, 5.74) is 8.81. The molecule has 0 saturated heterocycles. The molecular weight excluding hydrogens is 236 g/mol. The van der Waals surface area contributed by atoms with Gasteiger partial charge in [0.05, 0.1) is 6.54 Å². The molecule has 0 bridgehead atoms. The number of carbonyl (C=O) groups excluding carboxylic acids is 1. The van der Waals surface area contributed by atoms with Crippen molar-refractivity contribution in [2.75, 3.05) is 13.6 Å². The van der Waals surface area contributed by atoms with Crippen molar-refractivity contribution >= 4 is 5.91 Å². The van der Waals surface area contributed by atoms with Gasteiger partial charge in [0.1, 0.15) is 0 Å². The molecule has 2 rings (SSSR count). The number of nitrogens with zero attached hydrogens (tertiary/aromatic N) is 1. The number of hydrogen-bond donors (Lipinski definition) is 1. The standard InChI is InChI=1S/C16H18N2O/c1-18(16(19)11-17)12-13-7-9-15(10-8-13)14-5-3-2-4-6-14/h2-10H,11-12,17H2,1H3. The van der Waals surface area contributed by atoms with E-state index in [0.29, 0.717) is 6.54 Å². The lowest BCUT2D eigenvalue weighted by molar-refractivity contribution is -0.128. The minimum atomic E-state index is -0.0489. The Morgan fingerprint density at radius 3 is 2.16 bits per heavy atom. The number of carbonyl (C=O) groups is 1. The number of benzene rings is 2. The van der Waals surface area contributed by atoms with Gasteiger partial charge in [-0.3, -0.25) is 4.79 Å². The van der Waals surface area contributed by atoms with E-state index in [-0.39, 0.29) is 12.5 Å². The van der Waals surface area contributed by atoms with Gasteiger partial charge in [-0.25, -0.2) is 0 Å². The van der Waals surface area contributed by atoms with E-state index in [1.54, 1.807) is 11.9 Å². The minimum Gasteiger partial charge on any atom is -0.340 e. The minimum absolute atomic E-state index is 0.0489. The van der Waals surface area contributed by atoms with Crippen molar-refractivity contribution in [1.82, 2.24) is 4.90 Å². The van der Waals surface area contributed by atoms with Crippen LogP contribution in [-0.4, -0.2) is 24.4 Å². The quantitative estimate of drug-likeness (QED) is 0.909. The first-order valence-corrected chi connectivity index (χ1v) is 6.29. The maximum Gasteiger partial charge on any atom is 0.236 e. The normalized spacial score (nSPS) is 10.2. The summed E-state index contributed by atoms with van der Waals surface area (Å²) < 4.78 is 0. The summed E-state index contributed by atoms with van der Waals surface area (Å²) in [7, 11) is 1.76. The lowest BCUT2D eigenvalue weighted by atomic mass is 10.0. The highest BCUT2D eigenvalue weighted by Gasteiger charge is 2.06. The van der Waals surface area contributed by atoms with Crippen LogP contribution < -0.4 is 5.73 Å². The van der Waals surface area contributed by atoms with Crippen LogP contribution in [0.25, 0.3) is 11.1 Å². The largest absolute Gasteiger partial charge is 0.340 e. The van der Waals surface area contributed by atoms with Gasteiger partial charge in [0.15, 0.2) is 0 Å².